The highest BCUT2D eigenvalue weighted by molar-refractivity contribution is 5.51. The van der Waals surface area contributed by atoms with Crippen molar-refractivity contribution in [2.24, 2.45) is 0 Å². The van der Waals surface area contributed by atoms with Crippen LogP contribution in [0.1, 0.15) is 13.8 Å². The Labute approximate surface area is 121 Å². The molecular weight excluding hydrogens is 256 g/mol. The number of para-hydroxylation sites is 2. The molecule has 5 heteroatoms. The normalized spacial score (nSPS) is 12.6. The van der Waals surface area contributed by atoms with Crippen LogP contribution in [-0.4, -0.2) is 55.6 Å². The molecule has 0 radical (unpaired) electrons. The summed E-state index contributed by atoms with van der Waals surface area (Å²) in [6, 6.07) is 7.29. The van der Waals surface area contributed by atoms with Crippen LogP contribution < -0.4 is 10.5 Å². The molecule has 0 aliphatic heterocycles. The average Bonchev–Trinajstić information content (AvgIpc) is 2.45. The number of ether oxygens (including phenoxy) is 2. The molecule has 0 amide bonds. The van der Waals surface area contributed by atoms with E-state index in [4.69, 9.17) is 15.2 Å². The predicted octanol–water partition coefficient (Wildman–Crippen LogP) is 1.37. The van der Waals surface area contributed by atoms with E-state index in [0.29, 0.717) is 24.6 Å². The van der Waals surface area contributed by atoms with Crippen LogP contribution in [0.3, 0.4) is 0 Å². The molecule has 0 bridgehead atoms. The Hall–Kier alpha value is -1.30. The molecule has 0 aliphatic carbocycles. The lowest BCUT2D eigenvalue weighted by atomic mass is 10.3. The first-order chi connectivity index (χ1) is 9.67. The van der Waals surface area contributed by atoms with Gasteiger partial charge in [-0.2, -0.15) is 0 Å². The van der Waals surface area contributed by atoms with Gasteiger partial charge in [-0.1, -0.05) is 19.1 Å². The third-order valence-corrected chi connectivity index (χ3v) is 3.02. The number of hydrogen-bond acceptors (Lipinski definition) is 5. The summed E-state index contributed by atoms with van der Waals surface area (Å²) in [5, 5.41) is 10.0. The molecule has 0 saturated heterocycles. The first-order valence-electron chi connectivity index (χ1n) is 7.12. The molecule has 0 heterocycles. The zero-order chi connectivity index (χ0) is 14.8. The van der Waals surface area contributed by atoms with Crippen LogP contribution in [0.15, 0.2) is 24.3 Å². The van der Waals surface area contributed by atoms with Gasteiger partial charge >= 0.3 is 0 Å². The fraction of sp³-hybridized carbons (Fsp3) is 0.600. The Morgan fingerprint density at radius 3 is 2.70 bits per heavy atom. The molecule has 0 spiro atoms. The Morgan fingerprint density at radius 1 is 1.30 bits per heavy atom. The van der Waals surface area contributed by atoms with Crippen LogP contribution in [0.2, 0.25) is 0 Å². The molecule has 0 aromatic heterocycles. The number of nitrogens with zero attached hydrogens (tertiary/aromatic N) is 1. The van der Waals surface area contributed by atoms with Crippen LogP contribution in [0, 0.1) is 0 Å². The van der Waals surface area contributed by atoms with Gasteiger partial charge in [0.2, 0.25) is 0 Å². The molecule has 0 aliphatic rings. The first-order valence-corrected chi connectivity index (χ1v) is 7.12. The number of anilines is 1. The van der Waals surface area contributed by atoms with Gasteiger partial charge in [0.05, 0.1) is 12.3 Å². The molecule has 1 aromatic carbocycles. The minimum Gasteiger partial charge on any atom is -0.489 e. The summed E-state index contributed by atoms with van der Waals surface area (Å²) < 4.78 is 10.9. The quantitative estimate of drug-likeness (QED) is 0.501. The van der Waals surface area contributed by atoms with Gasteiger partial charge in [0.15, 0.2) is 0 Å². The van der Waals surface area contributed by atoms with Gasteiger partial charge in [0, 0.05) is 19.7 Å². The van der Waals surface area contributed by atoms with Gasteiger partial charge in [0.25, 0.3) is 0 Å². The fourth-order valence-corrected chi connectivity index (χ4v) is 1.87. The summed E-state index contributed by atoms with van der Waals surface area (Å²) in [5.41, 5.74) is 6.37. The predicted molar refractivity (Wildman–Crippen MR) is 81.0 cm³/mol. The lowest BCUT2D eigenvalue weighted by molar-refractivity contribution is 0.0539. The molecule has 1 rings (SSSR count). The van der Waals surface area contributed by atoms with Gasteiger partial charge in [-0.05, 0) is 25.6 Å². The van der Waals surface area contributed by atoms with Gasteiger partial charge in [0.1, 0.15) is 18.5 Å². The van der Waals surface area contributed by atoms with Crippen LogP contribution in [0.5, 0.6) is 5.75 Å². The minimum absolute atomic E-state index is 0.235. The molecule has 20 heavy (non-hydrogen) atoms. The summed E-state index contributed by atoms with van der Waals surface area (Å²) in [5.74, 6) is 0.615. The van der Waals surface area contributed by atoms with Gasteiger partial charge in [-0.25, -0.2) is 0 Å². The Morgan fingerprint density at radius 2 is 2.05 bits per heavy atom. The summed E-state index contributed by atoms with van der Waals surface area (Å²) >= 11 is 0. The summed E-state index contributed by atoms with van der Waals surface area (Å²) in [6.07, 6.45) is -0.545. The first kappa shape index (κ1) is 16.8. The SMILES string of the molecule is CCOCCN(CC)CC(O)COc1ccccc1N. The highest BCUT2D eigenvalue weighted by Gasteiger charge is 2.11. The zero-order valence-corrected chi connectivity index (χ0v) is 12.4. The van der Waals surface area contributed by atoms with Gasteiger partial charge in [-0.3, -0.25) is 4.90 Å². The van der Waals surface area contributed by atoms with Crippen molar-refractivity contribution >= 4 is 5.69 Å². The van der Waals surface area contributed by atoms with Crippen LogP contribution in [0.4, 0.5) is 5.69 Å². The molecule has 3 N–H and O–H groups in total. The summed E-state index contributed by atoms with van der Waals surface area (Å²) in [4.78, 5) is 2.14. The van der Waals surface area contributed by atoms with Gasteiger partial charge in [-0.15, -0.1) is 0 Å². The van der Waals surface area contributed by atoms with E-state index in [1.165, 1.54) is 0 Å². The van der Waals surface area contributed by atoms with Crippen molar-refractivity contribution in [2.75, 3.05) is 45.2 Å². The van der Waals surface area contributed by atoms with E-state index in [-0.39, 0.29) is 6.61 Å². The van der Waals surface area contributed by atoms with Crippen molar-refractivity contribution in [1.82, 2.24) is 4.90 Å². The highest BCUT2D eigenvalue weighted by Crippen LogP contribution is 2.19. The number of aliphatic hydroxyl groups is 1. The minimum atomic E-state index is -0.545. The number of rotatable bonds is 10. The number of aliphatic hydroxyl groups excluding tert-OH is 1. The largest absolute Gasteiger partial charge is 0.489 e. The molecule has 5 nitrogen and oxygen atoms in total. The second kappa shape index (κ2) is 9.58. The number of nitrogens with two attached hydrogens (primary N) is 1. The van der Waals surface area contributed by atoms with Gasteiger partial charge < -0.3 is 20.3 Å². The molecular formula is C15H26N2O3. The molecule has 114 valence electrons. The van der Waals surface area contributed by atoms with Crippen molar-refractivity contribution < 1.29 is 14.6 Å². The maximum atomic E-state index is 10.0. The van der Waals surface area contributed by atoms with Crippen LogP contribution in [-0.2, 0) is 4.74 Å². The highest BCUT2D eigenvalue weighted by atomic mass is 16.5. The smallest absolute Gasteiger partial charge is 0.142 e. The fourth-order valence-electron chi connectivity index (χ4n) is 1.87. The average molecular weight is 282 g/mol. The number of likely N-dealkylation sites (N-methyl/N-ethyl adjacent to an activating group) is 1. The third kappa shape index (κ3) is 6.23. The molecule has 1 atom stereocenters. The van der Waals surface area contributed by atoms with E-state index in [1.807, 2.05) is 19.1 Å². The zero-order valence-electron chi connectivity index (χ0n) is 12.4. The standard InChI is InChI=1S/C15H26N2O3/c1-3-17(9-10-19-4-2)11-13(18)12-20-15-8-6-5-7-14(15)16/h5-8,13,18H,3-4,9-12,16H2,1-2H3. The number of benzene rings is 1. The van der Waals surface area contributed by atoms with Crippen molar-refractivity contribution in [3.8, 4) is 5.75 Å². The van der Waals surface area contributed by atoms with E-state index in [1.54, 1.807) is 12.1 Å². The van der Waals surface area contributed by atoms with Crippen molar-refractivity contribution in [1.29, 1.82) is 0 Å². The summed E-state index contributed by atoms with van der Waals surface area (Å²) in [7, 11) is 0. The molecule has 0 fully saturated rings. The monoisotopic (exact) mass is 282 g/mol. The van der Waals surface area contributed by atoms with Crippen LogP contribution in [0.25, 0.3) is 0 Å². The van der Waals surface area contributed by atoms with Crippen molar-refractivity contribution in [3.63, 3.8) is 0 Å². The maximum Gasteiger partial charge on any atom is 0.142 e. The number of hydrogen-bond donors (Lipinski definition) is 2. The van der Waals surface area contributed by atoms with E-state index < -0.39 is 6.10 Å². The van der Waals surface area contributed by atoms with E-state index in [2.05, 4.69) is 11.8 Å². The Bertz CT molecular complexity index is 374. The van der Waals surface area contributed by atoms with Crippen LogP contribution >= 0.6 is 0 Å². The Kier molecular flexibility index (Phi) is 8.02. The van der Waals surface area contributed by atoms with Crippen molar-refractivity contribution in [3.05, 3.63) is 24.3 Å². The van der Waals surface area contributed by atoms with E-state index in [9.17, 15) is 5.11 Å². The summed E-state index contributed by atoms with van der Waals surface area (Å²) in [6.45, 7) is 7.93. The van der Waals surface area contributed by atoms with E-state index >= 15 is 0 Å². The second-order valence-corrected chi connectivity index (χ2v) is 4.59. The third-order valence-electron chi connectivity index (χ3n) is 3.02. The lowest BCUT2D eigenvalue weighted by Crippen LogP contribution is -2.37. The Balaban J connectivity index is 2.31. The van der Waals surface area contributed by atoms with Crippen molar-refractivity contribution in [2.45, 2.75) is 20.0 Å². The lowest BCUT2D eigenvalue weighted by Gasteiger charge is -2.23. The maximum absolute atomic E-state index is 10.0. The van der Waals surface area contributed by atoms with E-state index in [0.717, 1.165) is 19.7 Å². The molecule has 0 saturated carbocycles. The number of nitrogen functional groups attached to an aromatic ring is 1. The molecule has 1 aromatic rings. The topological polar surface area (TPSA) is 68.0 Å². The second-order valence-electron chi connectivity index (χ2n) is 4.59. The molecule has 1 unspecified atom stereocenters.